The van der Waals surface area contributed by atoms with E-state index in [9.17, 15) is 18.4 Å². The minimum atomic E-state index is -0.686. The number of halogens is 2. The number of aromatic nitrogens is 1. The van der Waals surface area contributed by atoms with Crippen LogP contribution < -0.4 is 11.1 Å². The molecule has 2 amide bonds. The molecule has 0 bridgehead atoms. The number of piperidine rings is 1. The zero-order valence-corrected chi connectivity index (χ0v) is 21.3. The highest BCUT2D eigenvalue weighted by Crippen LogP contribution is 2.37. The van der Waals surface area contributed by atoms with E-state index in [1.807, 2.05) is 6.07 Å². The number of nitrogens with two attached hydrogens (primary N) is 1. The van der Waals surface area contributed by atoms with E-state index in [0.717, 1.165) is 31.7 Å². The van der Waals surface area contributed by atoms with Crippen molar-refractivity contribution in [2.45, 2.75) is 56.5 Å². The maximum atomic E-state index is 13.4. The SMILES string of the molecule is NC(=O)[C@H](N[C@H]1CC[C@H](c2c[nH]c3ccccc32)CC1)C1CCN(C(=O)/C=C/c2cc(F)cc(F)c2)CC1. The molecule has 5 rings (SSSR count). The molecule has 1 atom stereocenters. The van der Waals surface area contributed by atoms with Crippen LogP contribution >= 0.6 is 0 Å². The third-order valence-corrected chi connectivity index (χ3v) is 8.14. The quantitative estimate of drug-likeness (QED) is 0.388. The van der Waals surface area contributed by atoms with Crippen LogP contribution in [0.25, 0.3) is 17.0 Å². The molecule has 200 valence electrons. The van der Waals surface area contributed by atoms with E-state index in [4.69, 9.17) is 5.73 Å². The van der Waals surface area contributed by atoms with Gasteiger partial charge in [0.2, 0.25) is 11.8 Å². The number of aromatic amines is 1. The number of hydrogen-bond donors (Lipinski definition) is 3. The summed E-state index contributed by atoms with van der Waals surface area (Å²) in [6.45, 7) is 1.01. The summed E-state index contributed by atoms with van der Waals surface area (Å²) in [5.74, 6) is -1.37. The number of H-pyrrole nitrogens is 1. The molecule has 6 nitrogen and oxygen atoms in total. The average molecular weight is 521 g/mol. The predicted octanol–water partition coefficient (Wildman–Crippen LogP) is 4.87. The Balaban J connectivity index is 1.12. The standard InChI is InChI=1S/C30H34F2N4O2/c31-22-15-19(16-23(32)17-22)5-10-28(37)36-13-11-21(12-14-36)29(30(33)38)35-24-8-6-20(7-9-24)26-18-34-27-4-2-1-3-25(26)27/h1-5,10,15-18,20-21,24,29,34-35H,6-9,11-14H2,(H2,33,38)/b10-5+/t20-,24-,29-/m1/s1. The van der Waals surface area contributed by atoms with Crippen molar-refractivity contribution in [1.29, 1.82) is 0 Å². The third-order valence-electron chi connectivity index (χ3n) is 8.14. The molecule has 4 N–H and O–H groups in total. The van der Waals surface area contributed by atoms with E-state index < -0.39 is 17.7 Å². The number of para-hydroxylation sites is 1. The van der Waals surface area contributed by atoms with Gasteiger partial charge in [-0.05, 0) is 85.8 Å². The van der Waals surface area contributed by atoms with Crippen LogP contribution in [0.2, 0.25) is 0 Å². The minimum Gasteiger partial charge on any atom is -0.368 e. The van der Waals surface area contributed by atoms with Crippen LogP contribution in [-0.4, -0.2) is 46.9 Å². The predicted molar refractivity (Wildman–Crippen MR) is 144 cm³/mol. The van der Waals surface area contributed by atoms with Crippen LogP contribution in [0.4, 0.5) is 8.78 Å². The van der Waals surface area contributed by atoms with Gasteiger partial charge in [-0.15, -0.1) is 0 Å². The molecule has 2 aliphatic rings. The van der Waals surface area contributed by atoms with Gasteiger partial charge in [-0.2, -0.15) is 0 Å². The summed E-state index contributed by atoms with van der Waals surface area (Å²) in [5, 5.41) is 4.85. The van der Waals surface area contributed by atoms with Crippen molar-refractivity contribution in [3.63, 3.8) is 0 Å². The second kappa shape index (κ2) is 11.5. The third kappa shape index (κ3) is 5.96. The summed E-state index contributed by atoms with van der Waals surface area (Å²) < 4.78 is 26.8. The second-order valence-corrected chi connectivity index (χ2v) is 10.6. The molecule has 0 spiro atoms. The topological polar surface area (TPSA) is 91.2 Å². The van der Waals surface area contributed by atoms with Crippen LogP contribution in [-0.2, 0) is 9.59 Å². The molecule has 1 aliphatic carbocycles. The van der Waals surface area contributed by atoms with Gasteiger partial charge in [0.15, 0.2) is 0 Å². The maximum absolute atomic E-state index is 13.4. The Bertz CT molecular complexity index is 1300. The molecular weight excluding hydrogens is 486 g/mol. The maximum Gasteiger partial charge on any atom is 0.246 e. The van der Waals surface area contributed by atoms with E-state index in [-0.39, 0.29) is 23.8 Å². The molecule has 8 heteroatoms. The number of fused-ring (bicyclic) bond motifs is 1. The number of likely N-dealkylation sites (tertiary alicyclic amines) is 1. The number of benzene rings is 2. The minimum absolute atomic E-state index is 0.0594. The van der Waals surface area contributed by atoms with E-state index >= 15 is 0 Å². The van der Waals surface area contributed by atoms with E-state index in [1.54, 1.807) is 4.90 Å². The van der Waals surface area contributed by atoms with Crippen molar-refractivity contribution in [1.82, 2.24) is 15.2 Å². The van der Waals surface area contributed by atoms with Crippen molar-refractivity contribution in [2.75, 3.05) is 13.1 Å². The largest absolute Gasteiger partial charge is 0.368 e. The van der Waals surface area contributed by atoms with Crippen molar-refractivity contribution in [3.8, 4) is 0 Å². The van der Waals surface area contributed by atoms with Gasteiger partial charge in [0.1, 0.15) is 11.6 Å². The Morgan fingerprint density at radius 2 is 1.68 bits per heavy atom. The summed E-state index contributed by atoms with van der Waals surface area (Å²) in [4.78, 5) is 30.1. The zero-order valence-electron chi connectivity index (χ0n) is 21.3. The van der Waals surface area contributed by atoms with Gasteiger partial charge >= 0.3 is 0 Å². The Hall–Kier alpha value is -3.52. The highest BCUT2D eigenvalue weighted by molar-refractivity contribution is 5.92. The van der Waals surface area contributed by atoms with Gasteiger partial charge < -0.3 is 20.9 Å². The lowest BCUT2D eigenvalue weighted by Crippen LogP contribution is -2.54. The molecule has 2 aromatic carbocycles. The summed E-state index contributed by atoms with van der Waals surface area (Å²) >= 11 is 0. The first-order chi connectivity index (χ1) is 18.4. The molecule has 2 fully saturated rings. The second-order valence-electron chi connectivity index (χ2n) is 10.6. The van der Waals surface area contributed by atoms with Crippen LogP contribution in [0, 0.1) is 17.6 Å². The van der Waals surface area contributed by atoms with Gasteiger partial charge in [-0.3, -0.25) is 9.59 Å². The van der Waals surface area contributed by atoms with Gasteiger partial charge in [-0.25, -0.2) is 8.78 Å². The number of primary amides is 1. The van der Waals surface area contributed by atoms with Crippen LogP contribution in [0.15, 0.2) is 54.7 Å². The Morgan fingerprint density at radius 3 is 2.37 bits per heavy atom. The molecule has 1 aliphatic heterocycles. The van der Waals surface area contributed by atoms with Crippen molar-refractivity contribution >= 4 is 28.8 Å². The van der Waals surface area contributed by atoms with Crippen LogP contribution in [0.3, 0.4) is 0 Å². The molecule has 0 unspecified atom stereocenters. The van der Waals surface area contributed by atoms with Crippen molar-refractivity contribution in [3.05, 3.63) is 77.5 Å². The summed E-state index contributed by atoms with van der Waals surface area (Å²) in [5.41, 5.74) is 8.66. The molecule has 0 radical (unpaired) electrons. The number of carbonyl (C=O) groups is 2. The molecule has 1 aromatic heterocycles. The first-order valence-corrected chi connectivity index (χ1v) is 13.4. The van der Waals surface area contributed by atoms with Gasteiger partial charge in [0, 0.05) is 48.4 Å². The normalized spacial score (nSPS) is 21.7. The monoisotopic (exact) mass is 520 g/mol. The Labute approximate surface area is 221 Å². The first-order valence-electron chi connectivity index (χ1n) is 13.4. The average Bonchev–Trinajstić information content (AvgIpc) is 3.34. The fourth-order valence-electron chi connectivity index (χ4n) is 6.10. The van der Waals surface area contributed by atoms with Crippen molar-refractivity contribution < 1.29 is 18.4 Å². The molecule has 1 saturated heterocycles. The van der Waals surface area contributed by atoms with Gasteiger partial charge in [-0.1, -0.05) is 18.2 Å². The molecular formula is C30H34F2N4O2. The fourth-order valence-corrected chi connectivity index (χ4v) is 6.10. The van der Waals surface area contributed by atoms with Gasteiger partial charge in [0.05, 0.1) is 6.04 Å². The number of rotatable bonds is 7. The molecule has 3 aromatic rings. The van der Waals surface area contributed by atoms with Crippen molar-refractivity contribution in [2.24, 2.45) is 11.7 Å². The number of carbonyl (C=O) groups excluding carboxylic acids is 2. The molecule has 1 saturated carbocycles. The Morgan fingerprint density at radius 1 is 1.00 bits per heavy atom. The lowest BCUT2D eigenvalue weighted by atomic mass is 9.80. The number of nitrogens with one attached hydrogen (secondary N) is 2. The van der Waals surface area contributed by atoms with Gasteiger partial charge in [0.25, 0.3) is 0 Å². The lowest BCUT2D eigenvalue weighted by molar-refractivity contribution is -0.128. The van der Waals surface area contributed by atoms with Crippen LogP contribution in [0.1, 0.15) is 55.6 Å². The number of amides is 2. The number of hydrogen-bond acceptors (Lipinski definition) is 3. The number of nitrogens with zero attached hydrogens (tertiary/aromatic N) is 1. The summed E-state index contributed by atoms with van der Waals surface area (Å²) in [7, 11) is 0. The lowest BCUT2D eigenvalue weighted by Gasteiger charge is -2.38. The summed E-state index contributed by atoms with van der Waals surface area (Å²) in [6.07, 6.45) is 10.3. The first kappa shape index (κ1) is 26.1. The Kier molecular flexibility index (Phi) is 7.88. The molecule has 38 heavy (non-hydrogen) atoms. The zero-order chi connectivity index (χ0) is 26.6. The fraction of sp³-hybridized carbons (Fsp3) is 0.400. The van der Waals surface area contributed by atoms with E-state index in [1.165, 1.54) is 40.8 Å². The summed E-state index contributed by atoms with van der Waals surface area (Å²) in [6, 6.07) is 11.4. The van der Waals surface area contributed by atoms with E-state index in [0.29, 0.717) is 37.4 Å². The highest BCUT2D eigenvalue weighted by Gasteiger charge is 2.34. The smallest absolute Gasteiger partial charge is 0.246 e. The highest BCUT2D eigenvalue weighted by atomic mass is 19.1. The molecule has 2 heterocycles. The van der Waals surface area contributed by atoms with E-state index in [2.05, 4.69) is 34.7 Å². The van der Waals surface area contributed by atoms with Crippen LogP contribution in [0.5, 0.6) is 0 Å².